The van der Waals surface area contributed by atoms with Crippen molar-refractivity contribution in [3.8, 4) is 0 Å². The van der Waals surface area contributed by atoms with Crippen molar-refractivity contribution in [3.05, 3.63) is 35.9 Å². The number of benzene rings is 1. The Morgan fingerprint density at radius 3 is 2.48 bits per heavy atom. The maximum Gasteiger partial charge on any atom is 0.408 e. The highest BCUT2D eigenvalue weighted by Gasteiger charge is 2.50. The molecule has 1 heterocycles. The molecule has 0 bridgehead atoms. The fraction of sp³-hybridized carbons (Fsp3) is 0.438. The number of nitrogens with zero attached hydrogens (tertiary/aromatic N) is 1. The molecule has 1 aliphatic heterocycles. The van der Waals surface area contributed by atoms with Crippen molar-refractivity contribution in [2.24, 2.45) is 0 Å². The quantitative estimate of drug-likeness (QED) is 0.709. The third-order valence-corrected chi connectivity index (χ3v) is 3.74. The van der Waals surface area contributed by atoms with E-state index in [-0.39, 0.29) is 6.61 Å². The number of aliphatic carboxylic acids is 1. The van der Waals surface area contributed by atoms with Crippen LogP contribution < -0.4 is 0 Å². The molecular weight excluding hydrogens is 337 g/mol. The Labute approximate surface area is 142 Å². The smallest absolute Gasteiger partial charge is 0.408 e. The number of carbonyl (C=O) groups excluding carboxylic acids is 1. The highest BCUT2D eigenvalue weighted by atomic mass is 19.1. The zero-order valence-electron chi connectivity index (χ0n) is 13.3. The van der Waals surface area contributed by atoms with Gasteiger partial charge in [0, 0.05) is 6.42 Å². The first kappa shape index (κ1) is 18.7. The lowest BCUT2D eigenvalue weighted by molar-refractivity contribution is -0.152. The Balaban J connectivity index is 1.77. The minimum absolute atomic E-state index is 0.0533. The van der Waals surface area contributed by atoms with Gasteiger partial charge >= 0.3 is 18.0 Å². The van der Waals surface area contributed by atoms with E-state index in [1.54, 1.807) is 24.3 Å². The third-order valence-electron chi connectivity index (χ3n) is 3.74. The van der Waals surface area contributed by atoms with Gasteiger partial charge in [0.25, 0.3) is 0 Å². The van der Waals surface area contributed by atoms with Gasteiger partial charge < -0.3 is 19.7 Å². The lowest BCUT2D eigenvalue weighted by Crippen LogP contribution is -2.40. The van der Waals surface area contributed by atoms with Crippen LogP contribution in [0.3, 0.4) is 0 Å². The van der Waals surface area contributed by atoms with Crippen LogP contribution in [0.5, 0.6) is 0 Å². The Morgan fingerprint density at radius 1 is 1.24 bits per heavy atom. The number of amides is 1. The monoisotopic (exact) mass is 355 g/mol. The van der Waals surface area contributed by atoms with E-state index in [1.807, 2.05) is 6.07 Å². The van der Waals surface area contributed by atoms with Gasteiger partial charge in [0.05, 0.1) is 13.2 Å². The second-order valence-electron chi connectivity index (χ2n) is 5.76. The Kier molecular flexibility index (Phi) is 5.92. The van der Waals surface area contributed by atoms with E-state index in [9.17, 15) is 18.8 Å². The SMILES string of the molecule is O=C(COC[C@@]1(F)C[C@@H](C(=O)O)N(C(=O)O)C1)OCc1ccccc1. The largest absolute Gasteiger partial charge is 0.480 e. The summed E-state index contributed by atoms with van der Waals surface area (Å²) in [7, 11) is 0. The van der Waals surface area contributed by atoms with Crippen molar-refractivity contribution >= 4 is 18.0 Å². The first-order valence-electron chi connectivity index (χ1n) is 7.49. The molecular formula is C16H18FNO7. The molecule has 9 heteroatoms. The van der Waals surface area contributed by atoms with Gasteiger partial charge in [-0.25, -0.2) is 18.8 Å². The molecule has 1 aliphatic rings. The molecule has 0 radical (unpaired) electrons. The van der Waals surface area contributed by atoms with Crippen LogP contribution in [0.1, 0.15) is 12.0 Å². The molecule has 1 saturated heterocycles. The van der Waals surface area contributed by atoms with Crippen LogP contribution in [0, 0.1) is 0 Å². The van der Waals surface area contributed by atoms with Crippen molar-refractivity contribution in [3.63, 3.8) is 0 Å². The number of esters is 1. The standard InChI is InChI=1S/C16H18FNO7/c17-16(6-12(14(20)21)18(9-16)15(22)23)10-24-8-13(19)25-7-11-4-2-1-3-5-11/h1-5,12H,6-10H2,(H,20,21)(H,22,23)/t12-,16+/m0/s1. The number of hydrogen-bond acceptors (Lipinski definition) is 5. The summed E-state index contributed by atoms with van der Waals surface area (Å²) in [6.45, 7) is -1.68. The number of alkyl halides is 1. The fourth-order valence-electron chi connectivity index (χ4n) is 2.56. The molecule has 1 fully saturated rings. The molecule has 0 spiro atoms. The topological polar surface area (TPSA) is 113 Å². The predicted octanol–water partition coefficient (Wildman–Crippen LogP) is 1.29. The van der Waals surface area contributed by atoms with E-state index < -0.39 is 55.9 Å². The van der Waals surface area contributed by atoms with E-state index in [0.29, 0.717) is 4.90 Å². The maximum atomic E-state index is 14.6. The van der Waals surface area contributed by atoms with Crippen LogP contribution >= 0.6 is 0 Å². The van der Waals surface area contributed by atoms with Gasteiger partial charge in [-0.2, -0.15) is 0 Å². The first-order valence-corrected chi connectivity index (χ1v) is 7.49. The zero-order valence-corrected chi connectivity index (χ0v) is 13.3. The van der Waals surface area contributed by atoms with Gasteiger partial charge in [0.2, 0.25) is 0 Å². The van der Waals surface area contributed by atoms with Gasteiger partial charge in [-0.1, -0.05) is 30.3 Å². The molecule has 0 aromatic heterocycles. The lowest BCUT2D eigenvalue weighted by Gasteiger charge is -2.19. The number of hydrogen-bond donors (Lipinski definition) is 2. The van der Waals surface area contributed by atoms with Crippen LogP contribution in [0.25, 0.3) is 0 Å². The fourth-order valence-corrected chi connectivity index (χ4v) is 2.56. The number of rotatable bonds is 7. The summed E-state index contributed by atoms with van der Waals surface area (Å²) < 4.78 is 24.5. The summed E-state index contributed by atoms with van der Waals surface area (Å²) in [6, 6.07) is 7.48. The predicted molar refractivity (Wildman–Crippen MR) is 81.7 cm³/mol. The van der Waals surface area contributed by atoms with Crippen molar-refractivity contribution in [2.75, 3.05) is 19.8 Å². The van der Waals surface area contributed by atoms with Gasteiger partial charge in [-0.15, -0.1) is 0 Å². The number of carboxylic acids is 1. The maximum absolute atomic E-state index is 14.6. The highest BCUT2D eigenvalue weighted by molar-refractivity contribution is 5.80. The van der Waals surface area contributed by atoms with Crippen LogP contribution in [0.2, 0.25) is 0 Å². The minimum atomic E-state index is -2.17. The highest BCUT2D eigenvalue weighted by Crippen LogP contribution is 2.31. The van der Waals surface area contributed by atoms with Crippen LogP contribution in [-0.4, -0.2) is 64.6 Å². The average molecular weight is 355 g/mol. The van der Waals surface area contributed by atoms with Crippen LogP contribution in [0.15, 0.2) is 30.3 Å². The lowest BCUT2D eigenvalue weighted by atomic mass is 10.0. The zero-order chi connectivity index (χ0) is 18.4. The van der Waals surface area contributed by atoms with Crippen molar-refractivity contribution in [1.29, 1.82) is 0 Å². The van der Waals surface area contributed by atoms with E-state index in [0.717, 1.165) is 5.56 Å². The molecule has 2 rings (SSSR count). The molecule has 136 valence electrons. The third kappa shape index (κ3) is 5.15. The molecule has 25 heavy (non-hydrogen) atoms. The normalized spacial score (nSPS) is 22.6. The second-order valence-corrected chi connectivity index (χ2v) is 5.76. The molecule has 8 nitrogen and oxygen atoms in total. The molecule has 0 unspecified atom stereocenters. The number of halogens is 1. The van der Waals surface area contributed by atoms with E-state index in [1.165, 1.54) is 0 Å². The van der Waals surface area contributed by atoms with Crippen molar-refractivity contribution in [1.82, 2.24) is 4.90 Å². The summed E-state index contributed by atoms with van der Waals surface area (Å²) in [5.74, 6) is -2.13. The average Bonchev–Trinajstić information content (AvgIpc) is 2.93. The van der Waals surface area contributed by atoms with E-state index in [2.05, 4.69) is 0 Å². The molecule has 2 N–H and O–H groups in total. The summed E-state index contributed by atoms with van der Waals surface area (Å²) in [5.41, 5.74) is -1.38. The summed E-state index contributed by atoms with van der Waals surface area (Å²) in [5, 5.41) is 17.9. The summed E-state index contributed by atoms with van der Waals surface area (Å²) in [4.78, 5) is 34.1. The summed E-state index contributed by atoms with van der Waals surface area (Å²) >= 11 is 0. The Hall–Kier alpha value is -2.68. The van der Waals surface area contributed by atoms with Crippen molar-refractivity contribution in [2.45, 2.75) is 24.7 Å². The van der Waals surface area contributed by atoms with E-state index >= 15 is 0 Å². The van der Waals surface area contributed by atoms with Crippen molar-refractivity contribution < 1.29 is 38.5 Å². The second kappa shape index (κ2) is 7.93. The van der Waals surface area contributed by atoms with Crippen LogP contribution in [0.4, 0.5) is 9.18 Å². The van der Waals surface area contributed by atoms with Gasteiger partial charge in [0.1, 0.15) is 19.3 Å². The molecule has 0 saturated carbocycles. The first-order chi connectivity index (χ1) is 11.8. The minimum Gasteiger partial charge on any atom is -0.480 e. The van der Waals surface area contributed by atoms with Gasteiger partial charge in [0.15, 0.2) is 5.67 Å². The molecule has 0 aliphatic carbocycles. The van der Waals surface area contributed by atoms with E-state index in [4.69, 9.17) is 19.7 Å². The molecule has 1 aromatic carbocycles. The Bertz CT molecular complexity index is 615. The van der Waals surface area contributed by atoms with Gasteiger partial charge in [-0.3, -0.25) is 4.90 Å². The number of ether oxygens (including phenoxy) is 2. The van der Waals surface area contributed by atoms with Gasteiger partial charge in [-0.05, 0) is 5.56 Å². The number of carbonyl (C=O) groups is 3. The molecule has 1 aromatic rings. The Morgan fingerprint density at radius 2 is 1.92 bits per heavy atom. The number of likely N-dealkylation sites (tertiary alicyclic amines) is 1. The summed E-state index contributed by atoms with van der Waals surface area (Å²) in [6.07, 6.45) is -2.05. The number of carboxylic acid groups (broad SMARTS) is 2. The molecule has 1 amide bonds. The molecule has 2 atom stereocenters. The van der Waals surface area contributed by atoms with Crippen LogP contribution in [-0.2, 0) is 25.7 Å².